The summed E-state index contributed by atoms with van der Waals surface area (Å²) in [5, 5.41) is 1.75. The molecule has 0 unspecified atom stereocenters. The Bertz CT molecular complexity index is 840. The van der Waals surface area contributed by atoms with Gasteiger partial charge in [0.25, 0.3) is 0 Å². The molecule has 3 rings (SSSR count). The van der Waals surface area contributed by atoms with Gasteiger partial charge in [0.2, 0.25) is 0 Å². The third-order valence-corrected chi connectivity index (χ3v) is 3.66. The molecule has 0 aliphatic heterocycles. The zero-order valence-corrected chi connectivity index (χ0v) is 12.2. The molecule has 0 aliphatic carbocycles. The number of fused-ring (bicyclic) bond motifs is 1. The van der Waals surface area contributed by atoms with Gasteiger partial charge in [0.1, 0.15) is 11.6 Å². The lowest BCUT2D eigenvalue weighted by Crippen LogP contribution is -2.05. The number of rotatable bonds is 4. The first-order valence-corrected chi connectivity index (χ1v) is 7.02. The Labute approximate surface area is 128 Å². The topological polar surface area (TPSA) is 26.3 Å². The van der Waals surface area contributed by atoms with Gasteiger partial charge in [-0.3, -0.25) is 4.79 Å². The van der Waals surface area contributed by atoms with Crippen LogP contribution in [-0.2, 0) is 6.42 Å². The second-order valence-corrected chi connectivity index (χ2v) is 5.09. The number of Topliss-reactive ketones (excluding diaryl/α,β-unsaturated/α-hetero) is 1. The summed E-state index contributed by atoms with van der Waals surface area (Å²) in [6.07, 6.45) is 0.175. The Morgan fingerprint density at radius 3 is 2.50 bits per heavy atom. The van der Waals surface area contributed by atoms with Gasteiger partial charge in [-0.25, -0.2) is 4.39 Å². The molecule has 110 valence electrons. The van der Waals surface area contributed by atoms with Gasteiger partial charge < -0.3 is 4.74 Å². The third kappa shape index (κ3) is 2.70. The second-order valence-electron chi connectivity index (χ2n) is 5.09. The summed E-state index contributed by atoms with van der Waals surface area (Å²) in [5.74, 6) is 0.368. The highest BCUT2D eigenvalue weighted by molar-refractivity contribution is 6.10. The average molecular weight is 294 g/mol. The summed E-state index contributed by atoms with van der Waals surface area (Å²) in [6.45, 7) is 0. The number of benzene rings is 3. The highest BCUT2D eigenvalue weighted by atomic mass is 19.1. The maximum absolute atomic E-state index is 13.2. The molecule has 0 radical (unpaired) electrons. The first-order valence-electron chi connectivity index (χ1n) is 7.02. The molecule has 0 atom stereocenters. The van der Waals surface area contributed by atoms with E-state index in [4.69, 9.17) is 4.74 Å². The van der Waals surface area contributed by atoms with Crippen LogP contribution in [0.3, 0.4) is 0 Å². The summed E-state index contributed by atoms with van der Waals surface area (Å²) < 4.78 is 18.6. The monoisotopic (exact) mass is 294 g/mol. The number of hydrogen-bond acceptors (Lipinski definition) is 2. The minimum absolute atomic E-state index is 0.0375. The van der Waals surface area contributed by atoms with Crippen molar-refractivity contribution in [3.63, 3.8) is 0 Å². The quantitative estimate of drug-likeness (QED) is 0.666. The van der Waals surface area contributed by atoms with Crippen molar-refractivity contribution in [3.05, 3.63) is 77.6 Å². The zero-order chi connectivity index (χ0) is 15.5. The lowest BCUT2D eigenvalue weighted by Gasteiger charge is -2.10. The fraction of sp³-hybridized carbons (Fsp3) is 0.105. The van der Waals surface area contributed by atoms with Crippen LogP contribution >= 0.6 is 0 Å². The second kappa shape index (κ2) is 5.98. The molecular formula is C19H15FO2. The molecular weight excluding hydrogens is 279 g/mol. The van der Waals surface area contributed by atoms with Crippen molar-refractivity contribution < 1.29 is 13.9 Å². The van der Waals surface area contributed by atoms with Gasteiger partial charge in [-0.05, 0) is 35.2 Å². The van der Waals surface area contributed by atoms with E-state index in [0.717, 1.165) is 16.5 Å². The van der Waals surface area contributed by atoms with E-state index in [0.29, 0.717) is 11.1 Å². The maximum atomic E-state index is 13.2. The number of carbonyl (C=O) groups is 1. The average Bonchev–Trinajstić information content (AvgIpc) is 2.53. The van der Waals surface area contributed by atoms with E-state index < -0.39 is 0 Å². The molecule has 0 aromatic heterocycles. The van der Waals surface area contributed by atoms with Crippen LogP contribution in [0.4, 0.5) is 4.39 Å². The van der Waals surface area contributed by atoms with Crippen molar-refractivity contribution in [1.82, 2.24) is 0 Å². The lowest BCUT2D eigenvalue weighted by molar-refractivity contribution is 0.0994. The van der Waals surface area contributed by atoms with Gasteiger partial charge in [0, 0.05) is 17.4 Å². The summed E-state index contributed by atoms with van der Waals surface area (Å²) >= 11 is 0. The lowest BCUT2D eigenvalue weighted by atomic mass is 9.97. The van der Waals surface area contributed by atoms with Crippen LogP contribution < -0.4 is 4.74 Å². The van der Waals surface area contributed by atoms with Crippen LogP contribution in [-0.4, -0.2) is 12.9 Å². The van der Waals surface area contributed by atoms with Crippen molar-refractivity contribution in [3.8, 4) is 5.75 Å². The highest BCUT2D eigenvalue weighted by Gasteiger charge is 2.13. The summed E-state index contributed by atoms with van der Waals surface area (Å²) in [7, 11) is 1.61. The molecule has 0 fully saturated rings. The minimum Gasteiger partial charge on any atom is -0.496 e. The van der Waals surface area contributed by atoms with E-state index in [1.807, 2.05) is 24.3 Å². The molecule has 0 saturated carbocycles. The van der Waals surface area contributed by atoms with Gasteiger partial charge in [-0.2, -0.15) is 0 Å². The molecule has 2 nitrogen and oxygen atoms in total. The maximum Gasteiger partial charge on any atom is 0.167 e. The molecule has 0 bridgehead atoms. The molecule has 0 amide bonds. The van der Waals surface area contributed by atoms with Crippen molar-refractivity contribution in [2.75, 3.05) is 7.11 Å². The van der Waals surface area contributed by atoms with Crippen molar-refractivity contribution in [1.29, 1.82) is 0 Å². The summed E-state index contributed by atoms with van der Waals surface area (Å²) in [4.78, 5) is 12.6. The van der Waals surface area contributed by atoms with Crippen LogP contribution in [0, 0.1) is 5.82 Å². The Hall–Kier alpha value is -2.68. The Morgan fingerprint density at radius 2 is 1.77 bits per heavy atom. The molecule has 22 heavy (non-hydrogen) atoms. The Morgan fingerprint density at radius 1 is 1.00 bits per heavy atom. The third-order valence-electron chi connectivity index (χ3n) is 3.66. The molecule has 0 N–H and O–H groups in total. The summed E-state index contributed by atoms with van der Waals surface area (Å²) in [5.41, 5.74) is 1.30. The van der Waals surface area contributed by atoms with E-state index in [9.17, 15) is 9.18 Å². The minimum atomic E-state index is -0.329. The Balaban J connectivity index is 2.01. The predicted octanol–water partition coefficient (Wildman–Crippen LogP) is 4.41. The first-order chi connectivity index (χ1) is 10.7. The van der Waals surface area contributed by atoms with Crippen LogP contribution in [0.25, 0.3) is 10.8 Å². The number of ether oxygens (including phenoxy) is 1. The van der Waals surface area contributed by atoms with Gasteiger partial charge in [0.05, 0.1) is 7.11 Å². The van der Waals surface area contributed by atoms with Crippen molar-refractivity contribution in [2.24, 2.45) is 0 Å². The summed E-state index contributed by atoms with van der Waals surface area (Å²) in [6, 6.07) is 17.3. The fourth-order valence-corrected chi connectivity index (χ4v) is 2.62. The van der Waals surface area contributed by atoms with Crippen molar-refractivity contribution >= 4 is 16.6 Å². The molecule has 0 saturated heterocycles. The number of carbonyl (C=O) groups excluding carboxylic acids is 1. The standard InChI is InChI=1S/C19H15FO2/c1-22-19-10-9-16(15-7-2-3-8-17(15)19)18(21)12-13-5-4-6-14(20)11-13/h2-11H,12H2,1H3. The van der Waals surface area contributed by atoms with E-state index >= 15 is 0 Å². The number of hydrogen-bond donors (Lipinski definition) is 0. The molecule has 3 heteroatoms. The number of ketones is 1. The normalized spacial score (nSPS) is 10.6. The van der Waals surface area contributed by atoms with Crippen molar-refractivity contribution in [2.45, 2.75) is 6.42 Å². The molecule has 3 aromatic carbocycles. The van der Waals surface area contributed by atoms with Gasteiger partial charge in [-0.15, -0.1) is 0 Å². The highest BCUT2D eigenvalue weighted by Crippen LogP contribution is 2.29. The largest absolute Gasteiger partial charge is 0.496 e. The van der Waals surface area contributed by atoms with Crippen LogP contribution in [0.5, 0.6) is 5.75 Å². The number of methoxy groups -OCH3 is 1. The number of halogens is 1. The van der Waals surface area contributed by atoms with Gasteiger partial charge >= 0.3 is 0 Å². The SMILES string of the molecule is COc1ccc(C(=O)Cc2cccc(F)c2)c2ccccc12. The molecule has 0 heterocycles. The smallest absolute Gasteiger partial charge is 0.167 e. The van der Waals surface area contributed by atoms with E-state index in [-0.39, 0.29) is 18.0 Å². The molecule has 3 aromatic rings. The Kier molecular flexibility index (Phi) is 3.88. The van der Waals surface area contributed by atoms with E-state index in [1.165, 1.54) is 12.1 Å². The van der Waals surface area contributed by atoms with Crippen LogP contribution in [0.2, 0.25) is 0 Å². The first kappa shape index (κ1) is 14.3. The van der Waals surface area contributed by atoms with Gasteiger partial charge in [-0.1, -0.05) is 36.4 Å². The zero-order valence-electron chi connectivity index (χ0n) is 12.2. The van der Waals surface area contributed by atoms with Crippen LogP contribution in [0.1, 0.15) is 15.9 Å². The van der Waals surface area contributed by atoms with Crippen LogP contribution in [0.15, 0.2) is 60.7 Å². The fourth-order valence-electron chi connectivity index (χ4n) is 2.62. The predicted molar refractivity (Wildman–Crippen MR) is 84.9 cm³/mol. The van der Waals surface area contributed by atoms with E-state index in [1.54, 1.807) is 31.4 Å². The molecule has 0 aliphatic rings. The van der Waals surface area contributed by atoms with E-state index in [2.05, 4.69) is 0 Å². The van der Waals surface area contributed by atoms with Gasteiger partial charge in [0.15, 0.2) is 5.78 Å². The molecule has 0 spiro atoms.